The number of anilines is 1. The summed E-state index contributed by atoms with van der Waals surface area (Å²) in [6, 6.07) is 1.83. The molecule has 20 heavy (non-hydrogen) atoms. The average Bonchev–Trinajstić information content (AvgIpc) is 2.38. The number of nitrogens with zero attached hydrogens (tertiary/aromatic N) is 3. The van der Waals surface area contributed by atoms with Crippen LogP contribution in [0.5, 0.6) is 0 Å². The van der Waals surface area contributed by atoms with Crippen molar-refractivity contribution in [2.75, 3.05) is 37.6 Å². The molecule has 0 aromatic carbocycles. The summed E-state index contributed by atoms with van der Waals surface area (Å²) in [6.45, 7) is 7.59. The smallest absolute Gasteiger partial charge is 0.252 e. The number of primary amides is 1. The van der Waals surface area contributed by atoms with E-state index in [1.54, 1.807) is 6.20 Å². The van der Waals surface area contributed by atoms with Crippen molar-refractivity contribution < 1.29 is 9.90 Å². The molecule has 1 aromatic heterocycles. The third-order valence-electron chi connectivity index (χ3n) is 3.39. The Morgan fingerprint density at radius 1 is 1.40 bits per heavy atom. The van der Waals surface area contributed by atoms with Crippen molar-refractivity contribution in [3.63, 3.8) is 0 Å². The molecule has 0 radical (unpaired) electrons. The molecule has 1 saturated heterocycles. The topological polar surface area (TPSA) is 82.7 Å². The van der Waals surface area contributed by atoms with E-state index in [4.69, 9.17) is 5.73 Å². The van der Waals surface area contributed by atoms with Crippen LogP contribution < -0.4 is 10.6 Å². The number of carbonyl (C=O) groups is 1. The number of hydrogen-bond acceptors (Lipinski definition) is 5. The number of aliphatic hydroxyl groups is 1. The first kappa shape index (κ1) is 14.7. The predicted molar refractivity (Wildman–Crippen MR) is 77.7 cm³/mol. The van der Waals surface area contributed by atoms with Crippen LogP contribution in [0, 0.1) is 0 Å². The zero-order valence-corrected chi connectivity index (χ0v) is 12.0. The standard InChI is InChI=1S/C14H22N4O2/c1-14(2,20)10-17-5-7-18(8-6-17)12-3-4-16-9-11(12)13(15)19/h3-4,9,20H,5-8,10H2,1-2H3,(H2,15,19). The van der Waals surface area contributed by atoms with E-state index < -0.39 is 11.5 Å². The van der Waals surface area contributed by atoms with Gasteiger partial charge < -0.3 is 15.7 Å². The van der Waals surface area contributed by atoms with Gasteiger partial charge in [-0.05, 0) is 19.9 Å². The Labute approximate surface area is 119 Å². The predicted octanol–water partition coefficient (Wildman–Crippen LogP) is 0.0734. The highest BCUT2D eigenvalue weighted by Crippen LogP contribution is 2.21. The molecule has 0 aliphatic carbocycles. The van der Waals surface area contributed by atoms with E-state index in [-0.39, 0.29) is 0 Å². The molecule has 1 aliphatic rings. The number of carbonyl (C=O) groups excluding carboxylic acids is 1. The van der Waals surface area contributed by atoms with Crippen LogP contribution in [-0.2, 0) is 0 Å². The summed E-state index contributed by atoms with van der Waals surface area (Å²) in [5.74, 6) is -0.452. The molecule has 6 heteroatoms. The van der Waals surface area contributed by atoms with E-state index in [9.17, 15) is 9.90 Å². The molecule has 2 heterocycles. The Hall–Kier alpha value is -1.66. The lowest BCUT2D eigenvalue weighted by Crippen LogP contribution is -2.50. The van der Waals surface area contributed by atoms with Gasteiger partial charge in [-0.15, -0.1) is 0 Å². The third kappa shape index (κ3) is 3.68. The SMILES string of the molecule is CC(C)(O)CN1CCN(c2ccncc2C(N)=O)CC1. The minimum absolute atomic E-state index is 0.452. The number of piperazine rings is 1. The van der Waals surface area contributed by atoms with Crippen LogP contribution in [0.1, 0.15) is 24.2 Å². The summed E-state index contributed by atoms with van der Waals surface area (Å²) in [7, 11) is 0. The molecule has 110 valence electrons. The molecule has 0 saturated carbocycles. The molecule has 0 spiro atoms. The van der Waals surface area contributed by atoms with Gasteiger partial charge in [-0.25, -0.2) is 0 Å². The fourth-order valence-electron chi connectivity index (χ4n) is 2.55. The van der Waals surface area contributed by atoms with E-state index in [1.807, 2.05) is 19.9 Å². The maximum Gasteiger partial charge on any atom is 0.252 e. The van der Waals surface area contributed by atoms with Crippen LogP contribution in [-0.4, -0.2) is 59.2 Å². The molecule has 1 aliphatic heterocycles. The molecule has 1 amide bonds. The number of aromatic nitrogens is 1. The summed E-state index contributed by atoms with van der Waals surface area (Å²) >= 11 is 0. The first-order chi connectivity index (χ1) is 9.37. The Morgan fingerprint density at radius 2 is 2.05 bits per heavy atom. The Kier molecular flexibility index (Phi) is 4.25. The fraction of sp³-hybridized carbons (Fsp3) is 0.571. The van der Waals surface area contributed by atoms with Crippen molar-refractivity contribution in [3.8, 4) is 0 Å². The molecule has 6 nitrogen and oxygen atoms in total. The number of amides is 1. The third-order valence-corrected chi connectivity index (χ3v) is 3.39. The second-order valence-corrected chi connectivity index (χ2v) is 5.83. The number of β-amino-alcohol motifs (C(OH)–C–C–N with tert-alkyl or cyclic N) is 1. The maximum absolute atomic E-state index is 11.4. The lowest BCUT2D eigenvalue weighted by atomic mass is 10.1. The van der Waals surface area contributed by atoms with Gasteiger partial charge in [0.25, 0.3) is 5.91 Å². The van der Waals surface area contributed by atoms with Crippen LogP contribution in [0.15, 0.2) is 18.5 Å². The second kappa shape index (κ2) is 5.76. The normalized spacial score (nSPS) is 17.2. The molecule has 0 atom stereocenters. The Bertz CT molecular complexity index is 476. The van der Waals surface area contributed by atoms with Crippen molar-refractivity contribution in [3.05, 3.63) is 24.0 Å². The maximum atomic E-state index is 11.4. The highest BCUT2D eigenvalue weighted by molar-refractivity contribution is 5.98. The zero-order chi connectivity index (χ0) is 14.8. The van der Waals surface area contributed by atoms with Crippen molar-refractivity contribution in [2.24, 2.45) is 5.73 Å². The van der Waals surface area contributed by atoms with E-state index >= 15 is 0 Å². The number of rotatable bonds is 4. The molecule has 1 aromatic rings. The van der Waals surface area contributed by atoms with E-state index in [2.05, 4.69) is 14.8 Å². The first-order valence-corrected chi connectivity index (χ1v) is 6.80. The molecular weight excluding hydrogens is 256 g/mol. The first-order valence-electron chi connectivity index (χ1n) is 6.80. The lowest BCUT2D eigenvalue weighted by Gasteiger charge is -2.38. The highest BCUT2D eigenvalue weighted by atomic mass is 16.3. The molecule has 3 N–H and O–H groups in total. The molecule has 0 unspecified atom stereocenters. The van der Waals surface area contributed by atoms with Crippen LogP contribution in [0.25, 0.3) is 0 Å². The van der Waals surface area contributed by atoms with Crippen molar-refractivity contribution >= 4 is 11.6 Å². The summed E-state index contributed by atoms with van der Waals surface area (Å²) < 4.78 is 0. The number of nitrogens with two attached hydrogens (primary N) is 1. The minimum atomic E-state index is -0.683. The van der Waals surface area contributed by atoms with Crippen molar-refractivity contribution in [1.29, 1.82) is 0 Å². The summed E-state index contributed by atoms with van der Waals surface area (Å²) in [6.07, 6.45) is 3.19. The van der Waals surface area contributed by atoms with Crippen molar-refractivity contribution in [1.82, 2.24) is 9.88 Å². The van der Waals surface area contributed by atoms with Gasteiger partial charge in [0.15, 0.2) is 0 Å². The minimum Gasteiger partial charge on any atom is -0.389 e. The number of hydrogen-bond donors (Lipinski definition) is 2. The van der Waals surface area contributed by atoms with E-state index in [0.717, 1.165) is 31.9 Å². The zero-order valence-electron chi connectivity index (χ0n) is 12.0. The fourth-order valence-corrected chi connectivity index (χ4v) is 2.55. The monoisotopic (exact) mass is 278 g/mol. The van der Waals surface area contributed by atoms with E-state index in [1.165, 1.54) is 6.20 Å². The largest absolute Gasteiger partial charge is 0.389 e. The van der Waals surface area contributed by atoms with Gasteiger partial charge in [0.05, 0.1) is 16.9 Å². The van der Waals surface area contributed by atoms with Crippen LogP contribution in [0.3, 0.4) is 0 Å². The quantitative estimate of drug-likeness (QED) is 0.814. The van der Waals surface area contributed by atoms with Gasteiger partial charge in [-0.1, -0.05) is 0 Å². The van der Waals surface area contributed by atoms with Crippen LogP contribution in [0.4, 0.5) is 5.69 Å². The van der Waals surface area contributed by atoms with Gasteiger partial charge in [-0.2, -0.15) is 0 Å². The summed E-state index contributed by atoms with van der Waals surface area (Å²) in [4.78, 5) is 19.7. The second-order valence-electron chi connectivity index (χ2n) is 5.83. The lowest BCUT2D eigenvalue weighted by molar-refractivity contribution is 0.0345. The van der Waals surface area contributed by atoms with E-state index in [0.29, 0.717) is 12.1 Å². The molecule has 0 bridgehead atoms. The van der Waals surface area contributed by atoms with Gasteiger partial charge in [0.2, 0.25) is 0 Å². The molecule has 2 rings (SSSR count). The average molecular weight is 278 g/mol. The van der Waals surface area contributed by atoms with Gasteiger partial charge >= 0.3 is 0 Å². The summed E-state index contributed by atoms with van der Waals surface area (Å²) in [5.41, 5.74) is 6.00. The van der Waals surface area contributed by atoms with Crippen molar-refractivity contribution in [2.45, 2.75) is 19.4 Å². The Balaban J connectivity index is 2.03. The van der Waals surface area contributed by atoms with Gasteiger partial charge in [-0.3, -0.25) is 14.7 Å². The Morgan fingerprint density at radius 3 is 2.60 bits per heavy atom. The highest BCUT2D eigenvalue weighted by Gasteiger charge is 2.24. The molecule has 1 fully saturated rings. The molecular formula is C14H22N4O2. The van der Waals surface area contributed by atoms with Gasteiger partial charge in [0.1, 0.15) is 0 Å². The van der Waals surface area contributed by atoms with Gasteiger partial charge in [0, 0.05) is 45.1 Å². The van der Waals surface area contributed by atoms with Crippen LogP contribution >= 0.6 is 0 Å². The van der Waals surface area contributed by atoms with Crippen LogP contribution in [0.2, 0.25) is 0 Å². The number of pyridine rings is 1. The summed E-state index contributed by atoms with van der Waals surface area (Å²) in [5, 5.41) is 9.85.